The van der Waals surface area contributed by atoms with Crippen LogP contribution < -0.4 is 10.6 Å². The molecule has 2 aromatic heterocycles. The van der Waals surface area contributed by atoms with Crippen molar-refractivity contribution in [1.82, 2.24) is 24.7 Å². The van der Waals surface area contributed by atoms with Crippen LogP contribution in [0.3, 0.4) is 0 Å². The number of fused-ring (bicyclic) bond motifs is 1. The van der Waals surface area contributed by atoms with E-state index in [0.717, 1.165) is 21.5 Å². The van der Waals surface area contributed by atoms with Crippen molar-refractivity contribution in [2.24, 2.45) is 0 Å². The molecule has 0 saturated heterocycles. The summed E-state index contributed by atoms with van der Waals surface area (Å²) in [6.45, 7) is 0.212. The average Bonchev–Trinajstić information content (AvgIpc) is 3.52. The Bertz CT molecular complexity index is 1270. The van der Waals surface area contributed by atoms with Gasteiger partial charge in [0.1, 0.15) is 17.1 Å². The highest BCUT2D eigenvalue weighted by Gasteiger charge is 2.47. The van der Waals surface area contributed by atoms with Crippen molar-refractivity contribution in [3.8, 4) is 11.3 Å². The van der Waals surface area contributed by atoms with Crippen molar-refractivity contribution >= 4 is 23.3 Å². The number of halogens is 3. The van der Waals surface area contributed by atoms with Crippen molar-refractivity contribution in [3.63, 3.8) is 0 Å². The summed E-state index contributed by atoms with van der Waals surface area (Å²) in [6, 6.07) is 13.9. The van der Waals surface area contributed by atoms with Crippen molar-refractivity contribution in [1.29, 1.82) is 0 Å². The minimum Gasteiger partial charge on any atom is -0.363 e. The van der Waals surface area contributed by atoms with Gasteiger partial charge in [-0.2, -0.15) is 18.3 Å². The summed E-state index contributed by atoms with van der Waals surface area (Å²) < 4.78 is 46.2. The quantitative estimate of drug-likeness (QED) is 0.417. The predicted octanol–water partition coefficient (Wildman–Crippen LogP) is 4.99. The molecule has 0 saturated carbocycles. The lowest BCUT2D eigenvalue weighted by atomic mass is 9.96. The minimum atomic E-state index is -4.50. The van der Waals surface area contributed by atoms with E-state index in [4.69, 9.17) is 0 Å². The summed E-state index contributed by atoms with van der Waals surface area (Å²) in [5, 5.41) is 15.6. The van der Waals surface area contributed by atoms with Gasteiger partial charge in [-0.1, -0.05) is 59.1 Å². The molecule has 0 aliphatic carbocycles. The number of carbonyl (C=O) groups excluding carboxylic acids is 1. The molecular formula is C23H19F3N6OS. The fraction of sp³-hybridized carbons (Fsp3) is 0.217. The topological polar surface area (TPSA) is 84.7 Å². The van der Waals surface area contributed by atoms with E-state index in [1.165, 1.54) is 17.7 Å². The zero-order chi connectivity index (χ0) is 23.7. The first-order chi connectivity index (χ1) is 16.4. The molecule has 11 heteroatoms. The van der Waals surface area contributed by atoms with E-state index in [2.05, 4.69) is 25.3 Å². The first-order valence-electron chi connectivity index (χ1n) is 10.5. The average molecular weight is 485 g/mol. The molecule has 2 unspecified atom stereocenters. The smallest absolute Gasteiger partial charge is 0.363 e. The molecule has 174 valence electrons. The van der Waals surface area contributed by atoms with Crippen LogP contribution in [0, 0.1) is 0 Å². The monoisotopic (exact) mass is 484 g/mol. The number of nitrogens with one attached hydrogen (secondary N) is 2. The molecule has 1 aliphatic rings. The second kappa shape index (κ2) is 8.90. The van der Waals surface area contributed by atoms with Crippen molar-refractivity contribution in [2.45, 2.75) is 31.2 Å². The van der Waals surface area contributed by atoms with Gasteiger partial charge in [0.2, 0.25) is 0 Å². The number of benzene rings is 2. The largest absolute Gasteiger partial charge is 0.410 e. The number of hydrogen-bond donors (Lipinski definition) is 2. The third-order valence-corrected chi connectivity index (χ3v) is 6.25. The lowest BCUT2D eigenvalue weighted by molar-refractivity contribution is -0.173. The first kappa shape index (κ1) is 22.1. The summed E-state index contributed by atoms with van der Waals surface area (Å²) in [5.41, 5.74) is 3.30. The Morgan fingerprint density at radius 2 is 1.91 bits per heavy atom. The zero-order valence-electron chi connectivity index (χ0n) is 17.7. The Morgan fingerprint density at radius 3 is 2.59 bits per heavy atom. The van der Waals surface area contributed by atoms with E-state index < -0.39 is 24.2 Å². The molecule has 2 aromatic carbocycles. The van der Waals surface area contributed by atoms with Gasteiger partial charge in [0.25, 0.3) is 5.91 Å². The predicted molar refractivity (Wildman–Crippen MR) is 121 cm³/mol. The molecule has 0 radical (unpaired) electrons. The van der Waals surface area contributed by atoms with E-state index in [-0.39, 0.29) is 24.3 Å². The molecule has 34 heavy (non-hydrogen) atoms. The maximum Gasteiger partial charge on any atom is 0.410 e. The van der Waals surface area contributed by atoms with Crippen LogP contribution in [0.15, 0.2) is 66.2 Å². The van der Waals surface area contributed by atoms with Gasteiger partial charge in [0.15, 0.2) is 6.04 Å². The maximum atomic E-state index is 13.8. The van der Waals surface area contributed by atoms with Gasteiger partial charge in [0, 0.05) is 23.9 Å². The second-order valence-electron chi connectivity index (χ2n) is 7.92. The lowest BCUT2D eigenvalue weighted by Gasteiger charge is -2.34. The van der Waals surface area contributed by atoms with Gasteiger partial charge >= 0.3 is 6.18 Å². The molecule has 0 spiro atoms. The summed E-state index contributed by atoms with van der Waals surface area (Å²) in [6.07, 6.45) is -3.54. The Hall–Kier alpha value is -3.73. The van der Waals surface area contributed by atoms with Gasteiger partial charge in [0.05, 0.1) is 12.2 Å². The van der Waals surface area contributed by atoms with Crippen molar-refractivity contribution in [2.75, 3.05) is 5.32 Å². The molecule has 0 bridgehead atoms. The number of anilines is 1. The third kappa shape index (κ3) is 4.38. The Morgan fingerprint density at radius 1 is 1.15 bits per heavy atom. The third-order valence-electron chi connectivity index (χ3n) is 5.75. The van der Waals surface area contributed by atoms with Crippen LogP contribution >= 0.6 is 11.5 Å². The van der Waals surface area contributed by atoms with E-state index in [1.807, 2.05) is 29.6 Å². The fourth-order valence-electron chi connectivity index (χ4n) is 3.99. The molecule has 5 rings (SSSR count). The number of carbonyl (C=O) groups is 1. The number of alkyl halides is 3. The lowest BCUT2D eigenvalue weighted by Crippen LogP contribution is -2.36. The van der Waals surface area contributed by atoms with Crippen LogP contribution in [-0.2, 0) is 6.54 Å². The van der Waals surface area contributed by atoms with Gasteiger partial charge in [-0.15, -0.1) is 5.10 Å². The molecule has 4 aromatic rings. The molecule has 0 fully saturated rings. The van der Waals surface area contributed by atoms with Crippen LogP contribution in [0.4, 0.5) is 19.0 Å². The minimum absolute atomic E-state index is 0.0614. The Kier molecular flexibility index (Phi) is 5.78. The maximum absolute atomic E-state index is 13.8. The molecule has 2 atom stereocenters. The second-order valence-corrected chi connectivity index (χ2v) is 8.53. The molecule has 1 amide bonds. The van der Waals surface area contributed by atoms with Gasteiger partial charge < -0.3 is 10.6 Å². The number of hydrogen-bond acceptors (Lipinski definition) is 6. The normalized spacial score (nSPS) is 17.6. The number of aromatic nitrogens is 4. The van der Waals surface area contributed by atoms with Crippen molar-refractivity contribution < 1.29 is 18.0 Å². The fourth-order valence-corrected chi connectivity index (χ4v) is 4.46. The van der Waals surface area contributed by atoms with Gasteiger partial charge in [-0.3, -0.25) is 4.79 Å². The first-order valence-corrected chi connectivity index (χ1v) is 11.3. The summed E-state index contributed by atoms with van der Waals surface area (Å²) >= 11 is 1.26. The van der Waals surface area contributed by atoms with Crippen LogP contribution in [-0.4, -0.2) is 31.5 Å². The molecular weight excluding hydrogens is 465 g/mol. The summed E-state index contributed by atoms with van der Waals surface area (Å²) in [5.74, 6) is -0.442. The number of amides is 1. The highest BCUT2D eigenvalue weighted by molar-refractivity contribution is 7.03. The van der Waals surface area contributed by atoms with Crippen LogP contribution in [0.2, 0.25) is 0 Å². The van der Waals surface area contributed by atoms with Crippen molar-refractivity contribution in [3.05, 3.63) is 82.9 Å². The Balaban J connectivity index is 1.35. The van der Waals surface area contributed by atoms with Crippen LogP contribution in [0.5, 0.6) is 0 Å². The van der Waals surface area contributed by atoms with E-state index in [1.54, 1.807) is 30.3 Å². The standard InChI is InChI=1S/C23H19F3N6OS/c24-23(25,26)20-10-18(15-4-2-1-3-5-15)29-21-17(12-28-32(20)21)22(33)27-11-14-6-8-16(9-7-14)19-13-34-31-30-19/h1-9,12-13,18,20,29H,10-11H2,(H,27,33). The van der Waals surface area contributed by atoms with Crippen LogP contribution in [0.25, 0.3) is 11.3 Å². The molecule has 3 heterocycles. The molecule has 1 aliphatic heterocycles. The van der Waals surface area contributed by atoms with Gasteiger partial charge in [-0.05, 0) is 22.7 Å². The highest BCUT2D eigenvalue weighted by atomic mass is 32.1. The number of nitrogens with zero attached hydrogens (tertiary/aromatic N) is 4. The van der Waals surface area contributed by atoms with E-state index >= 15 is 0 Å². The van der Waals surface area contributed by atoms with Crippen LogP contribution in [0.1, 0.15) is 40.0 Å². The van der Waals surface area contributed by atoms with E-state index in [0.29, 0.717) is 5.56 Å². The molecule has 7 nitrogen and oxygen atoms in total. The Labute approximate surface area is 196 Å². The highest BCUT2D eigenvalue weighted by Crippen LogP contribution is 2.44. The summed E-state index contributed by atoms with van der Waals surface area (Å²) in [7, 11) is 0. The van der Waals surface area contributed by atoms with Gasteiger partial charge in [-0.25, -0.2) is 4.68 Å². The SMILES string of the molecule is O=C(NCc1ccc(-c2csnn2)cc1)c1cnn2c1NC(c1ccccc1)CC2C(F)(F)F. The zero-order valence-corrected chi connectivity index (χ0v) is 18.5. The summed E-state index contributed by atoms with van der Waals surface area (Å²) in [4.78, 5) is 12.9. The molecule has 2 N–H and O–H groups in total. The van der Waals surface area contributed by atoms with E-state index in [9.17, 15) is 18.0 Å². The number of rotatable bonds is 5.